The highest BCUT2D eigenvalue weighted by molar-refractivity contribution is 14.1. The van der Waals surface area contributed by atoms with Crippen molar-refractivity contribution >= 4 is 51.2 Å². The molecular formula is C14H14I2O3. The Balaban J connectivity index is 2.32. The second-order valence-corrected chi connectivity index (χ2v) is 7.23. The second-order valence-electron chi connectivity index (χ2n) is 4.90. The maximum absolute atomic E-state index is 11.4. The van der Waals surface area contributed by atoms with Crippen molar-refractivity contribution in [2.45, 2.75) is 25.2 Å². The molecule has 0 amide bonds. The van der Waals surface area contributed by atoms with Crippen molar-refractivity contribution in [3.63, 3.8) is 0 Å². The summed E-state index contributed by atoms with van der Waals surface area (Å²) in [6.07, 6.45) is 1.45. The average molecular weight is 484 g/mol. The summed E-state index contributed by atoms with van der Waals surface area (Å²) >= 11 is 4.39. The van der Waals surface area contributed by atoms with Crippen LogP contribution in [0.5, 0.6) is 5.75 Å². The molecule has 19 heavy (non-hydrogen) atoms. The van der Waals surface area contributed by atoms with Crippen LogP contribution in [-0.4, -0.2) is 17.7 Å². The predicted molar refractivity (Wildman–Crippen MR) is 90.7 cm³/mol. The lowest BCUT2D eigenvalue weighted by Gasteiger charge is -2.15. The molecule has 102 valence electrons. The standard InChI is InChI=1S/C14H14I2O3/c1-8(2)7-19-12-10(15)5-9(6-11(12)16)14(3-4-14)13(17)18/h5-6H,1,3-4,7H2,2H3,(H,17,18). The quantitative estimate of drug-likeness (QED) is 0.509. The first-order chi connectivity index (χ1) is 8.86. The summed E-state index contributed by atoms with van der Waals surface area (Å²) in [5.74, 6) is 0.0869. The maximum atomic E-state index is 11.4. The highest BCUT2D eigenvalue weighted by Crippen LogP contribution is 2.50. The minimum atomic E-state index is -0.727. The molecule has 0 bridgehead atoms. The van der Waals surface area contributed by atoms with Gasteiger partial charge in [-0.05, 0) is 88.2 Å². The number of carboxylic acid groups (broad SMARTS) is 1. The van der Waals surface area contributed by atoms with E-state index >= 15 is 0 Å². The van der Waals surface area contributed by atoms with Crippen LogP contribution in [0.15, 0.2) is 24.3 Å². The number of hydrogen-bond donors (Lipinski definition) is 1. The van der Waals surface area contributed by atoms with Gasteiger partial charge < -0.3 is 9.84 Å². The topological polar surface area (TPSA) is 46.5 Å². The summed E-state index contributed by atoms with van der Waals surface area (Å²) in [5, 5.41) is 9.34. The van der Waals surface area contributed by atoms with Gasteiger partial charge in [0.05, 0.1) is 12.6 Å². The molecule has 1 aliphatic carbocycles. The monoisotopic (exact) mass is 484 g/mol. The van der Waals surface area contributed by atoms with Gasteiger partial charge in [0.15, 0.2) is 0 Å². The lowest BCUT2D eigenvalue weighted by atomic mass is 9.96. The number of benzene rings is 1. The van der Waals surface area contributed by atoms with Gasteiger partial charge in [-0.1, -0.05) is 6.58 Å². The van der Waals surface area contributed by atoms with E-state index in [1.807, 2.05) is 19.1 Å². The number of carboxylic acids is 1. The van der Waals surface area contributed by atoms with Gasteiger partial charge in [0.25, 0.3) is 0 Å². The van der Waals surface area contributed by atoms with Crippen LogP contribution >= 0.6 is 45.2 Å². The van der Waals surface area contributed by atoms with Crippen molar-refractivity contribution in [1.82, 2.24) is 0 Å². The van der Waals surface area contributed by atoms with E-state index in [9.17, 15) is 9.90 Å². The SMILES string of the molecule is C=C(C)COc1c(I)cc(C2(C(=O)O)CC2)cc1I. The molecule has 0 spiro atoms. The van der Waals surface area contributed by atoms with Crippen molar-refractivity contribution in [3.8, 4) is 5.75 Å². The molecule has 1 aromatic rings. The smallest absolute Gasteiger partial charge is 0.314 e. The van der Waals surface area contributed by atoms with Gasteiger partial charge in [-0.3, -0.25) is 4.79 Å². The Hall–Kier alpha value is -0.310. The highest BCUT2D eigenvalue weighted by atomic mass is 127. The molecule has 0 aromatic heterocycles. The number of ether oxygens (including phenoxy) is 1. The third kappa shape index (κ3) is 3.07. The Kier molecular flexibility index (Phi) is 4.44. The van der Waals surface area contributed by atoms with Gasteiger partial charge in [0, 0.05) is 0 Å². The molecule has 0 aliphatic heterocycles. The summed E-state index contributed by atoms with van der Waals surface area (Å²) in [5.41, 5.74) is 1.18. The van der Waals surface area contributed by atoms with Crippen molar-refractivity contribution < 1.29 is 14.6 Å². The molecule has 1 aromatic carbocycles. The van der Waals surface area contributed by atoms with E-state index in [1.165, 1.54) is 0 Å². The predicted octanol–water partition coefficient (Wildman–Crippen LogP) is 3.97. The summed E-state index contributed by atoms with van der Waals surface area (Å²) in [6.45, 7) is 6.21. The Morgan fingerprint density at radius 3 is 2.32 bits per heavy atom. The van der Waals surface area contributed by atoms with Crippen LogP contribution in [0.2, 0.25) is 0 Å². The van der Waals surface area contributed by atoms with Crippen LogP contribution in [0.4, 0.5) is 0 Å². The van der Waals surface area contributed by atoms with Gasteiger partial charge >= 0.3 is 5.97 Å². The zero-order chi connectivity index (χ0) is 14.2. The van der Waals surface area contributed by atoms with Crippen LogP contribution in [0.3, 0.4) is 0 Å². The molecule has 0 saturated heterocycles. The Labute approximate surface area is 139 Å². The van der Waals surface area contributed by atoms with E-state index in [2.05, 4.69) is 51.8 Å². The Bertz CT molecular complexity index is 525. The van der Waals surface area contributed by atoms with Crippen molar-refractivity contribution in [3.05, 3.63) is 37.0 Å². The number of rotatable bonds is 5. The Morgan fingerprint density at radius 2 is 1.95 bits per heavy atom. The molecule has 1 fully saturated rings. The van der Waals surface area contributed by atoms with Crippen LogP contribution < -0.4 is 4.74 Å². The number of hydrogen-bond acceptors (Lipinski definition) is 2. The van der Waals surface area contributed by atoms with E-state index in [1.54, 1.807) is 0 Å². The molecule has 1 saturated carbocycles. The summed E-state index contributed by atoms with van der Waals surface area (Å²) in [6, 6.07) is 3.86. The molecule has 5 heteroatoms. The van der Waals surface area contributed by atoms with E-state index in [4.69, 9.17) is 4.74 Å². The zero-order valence-corrected chi connectivity index (χ0v) is 14.8. The van der Waals surface area contributed by atoms with Crippen LogP contribution in [0.1, 0.15) is 25.3 Å². The van der Waals surface area contributed by atoms with E-state index in [0.717, 1.165) is 36.9 Å². The van der Waals surface area contributed by atoms with Crippen LogP contribution in [-0.2, 0) is 10.2 Å². The fourth-order valence-corrected chi connectivity index (χ4v) is 4.00. The minimum absolute atomic E-state index is 0.482. The number of aliphatic carboxylic acids is 1. The molecular weight excluding hydrogens is 470 g/mol. The molecule has 0 atom stereocenters. The van der Waals surface area contributed by atoms with Crippen molar-refractivity contribution in [1.29, 1.82) is 0 Å². The summed E-state index contributed by atoms with van der Waals surface area (Å²) in [7, 11) is 0. The second kappa shape index (κ2) is 5.59. The third-order valence-electron chi connectivity index (χ3n) is 3.17. The maximum Gasteiger partial charge on any atom is 0.314 e. The largest absolute Gasteiger partial charge is 0.487 e. The van der Waals surface area contributed by atoms with Crippen LogP contribution in [0, 0.1) is 7.14 Å². The fraction of sp³-hybridized carbons (Fsp3) is 0.357. The molecule has 3 nitrogen and oxygen atoms in total. The normalized spacial score (nSPS) is 15.9. The van der Waals surface area contributed by atoms with Crippen molar-refractivity contribution in [2.75, 3.05) is 6.61 Å². The summed E-state index contributed by atoms with van der Waals surface area (Å²) in [4.78, 5) is 11.4. The minimum Gasteiger partial charge on any atom is -0.487 e. The molecule has 0 unspecified atom stereocenters. The van der Waals surface area contributed by atoms with E-state index < -0.39 is 11.4 Å². The van der Waals surface area contributed by atoms with Crippen LogP contribution in [0.25, 0.3) is 0 Å². The lowest BCUT2D eigenvalue weighted by Crippen LogP contribution is -2.20. The zero-order valence-electron chi connectivity index (χ0n) is 10.5. The van der Waals surface area contributed by atoms with Gasteiger partial charge in [0.2, 0.25) is 0 Å². The van der Waals surface area contributed by atoms with Gasteiger partial charge in [-0.15, -0.1) is 0 Å². The molecule has 0 radical (unpaired) electrons. The lowest BCUT2D eigenvalue weighted by molar-refractivity contribution is -0.140. The molecule has 0 heterocycles. The molecule has 2 rings (SSSR count). The number of carbonyl (C=O) groups is 1. The molecule has 1 N–H and O–H groups in total. The first kappa shape index (κ1) is 15.1. The number of halogens is 2. The van der Waals surface area contributed by atoms with E-state index in [-0.39, 0.29) is 0 Å². The molecule has 1 aliphatic rings. The van der Waals surface area contributed by atoms with Crippen molar-refractivity contribution in [2.24, 2.45) is 0 Å². The van der Waals surface area contributed by atoms with Gasteiger partial charge in [0.1, 0.15) is 12.4 Å². The fourth-order valence-electron chi connectivity index (χ4n) is 1.92. The van der Waals surface area contributed by atoms with Gasteiger partial charge in [-0.2, -0.15) is 0 Å². The first-order valence-corrected chi connectivity index (χ1v) is 8.02. The summed E-state index contributed by atoms with van der Waals surface area (Å²) < 4.78 is 7.62. The van der Waals surface area contributed by atoms with E-state index in [0.29, 0.717) is 6.61 Å². The first-order valence-electron chi connectivity index (χ1n) is 5.87. The third-order valence-corrected chi connectivity index (χ3v) is 4.78. The Morgan fingerprint density at radius 1 is 1.42 bits per heavy atom. The highest BCUT2D eigenvalue weighted by Gasteiger charge is 2.52. The average Bonchev–Trinajstić information content (AvgIpc) is 3.08. The van der Waals surface area contributed by atoms with Gasteiger partial charge in [-0.25, -0.2) is 0 Å².